The summed E-state index contributed by atoms with van der Waals surface area (Å²) in [5, 5.41) is 3.40. The van der Waals surface area contributed by atoms with Gasteiger partial charge >= 0.3 is 0 Å². The van der Waals surface area contributed by atoms with E-state index in [0.717, 1.165) is 18.4 Å². The van der Waals surface area contributed by atoms with Crippen molar-refractivity contribution in [2.24, 2.45) is 0 Å². The molecule has 0 radical (unpaired) electrons. The number of nitrogens with zero attached hydrogens (tertiary/aromatic N) is 1. The van der Waals surface area contributed by atoms with Gasteiger partial charge in [-0.25, -0.2) is 12.7 Å². The Morgan fingerprint density at radius 1 is 1.30 bits per heavy atom. The Bertz CT molecular complexity index is 605. The molecule has 1 rings (SSSR count). The second-order valence-electron chi connectivity index (χ2n) is 5.50. The predicted molar refractivity (Wildman–Crippen MR) is 94.1 cm³/mol. The van der Waals surface area contributed by atoms with E-state index in [-0.39, 0.29) is 12.5 Å². The molecule has 7 heteroatoms. The first-order chi connectivity index (χ1) is 10.8. The van der Waals surface area contributed by atoms with Gasteiger partial charge in [0.2, 0.25) is 15.9 Å². The Morgan fingerprint density at radius 2 is 2.04 bits per heavy atom. The van der Waals surface area contributed by atoms with Gasteiger partial charge in [0.15, 0.2) is 0 Å². The molecule has 5 nitrogen and oxygen atoms in total. The van der Waals surface area contributed by atoms with E-state index in [1.54, 1.807) is 6.07 Å². The van der Waals surface area contributed by atoms with Crippen molar-refractivity contribution >= 4 is 27.5 Å². The Morgan fingerprint density at radius 3 is 2.65 bits per heavy atom. The van der Waals surface area contributed by atoms with Gasteiger partial charge in [0.05, 0.1) is 6.26 Å². The van der Waals surface area contributed by atoms with E-state index in [1.165, 1.54) is 10.6 Å². The molecule has 23 heavy (non-hydrogen) atoms. The molecule has 0 atom stereocenters. The lowest BCUT2D eigenvalue weighted by Gasteiger charge is -2.20. The summed E-state index contributed by atoms with van der Waals surface area (Å²) in [4.78, 5) is 11.6. The Balaban J connectivity index is 2.49. The quantitative estimate of drug-likeness (QED) is 0.697. The number of unbranched alkanes of at least 4 members (excludes halogenated alkanes) is 1. The van der Waals surface area contributed by atoms with Gasteiger partial charge in [-0.2, -0.15) is 0 Å². The van der Waals surface area contributed by atoms with Crippen molar-refractivity contribution < 1.29 is 13.2 Å². The number of amides is 1. The molecule has 0 heterocycles. The van der Waals surface area contributed by atoms with E-state index in [9.17, 15) is 13.2 Å². The molecule has 0 spiro atoms. The van der Waals surface area contributed by atoms with Crippen molar-refractivity contribution in [1.29, 1.82) is 0 Å². The summed E-state index contributed by atoms with van der Waals surface area (Å²) in [5.74, 6) is -0.0323. The van der Waals surface area contributed by atoms with Gasteiger partial charge < -0.3 is 5.32 Å². The monoisotopic (exact) mass is 360 g/mol. The highest BCUT2D eigenvalue weighted by molar-refractivity contribution is 7.88. The predicted octanol–water partition coefficient (Wildman–Crippen LogP) is 2.45. The number of nitrogens with one attached hydrogen (secondary N) is 1. The molecular weight excluding hydrogens is 336 g/mol. The van der Waals surface area contributed by atoms with Crippen molar-refractivity contribution in [2.75, 3.05) is 25.9 Å². The average Bonchev–Trinajstić information content (AvgIpc) is 2.47. The van der Waals surface area contributed by atoms with E-state index in [2.05, 4.69) is 5.32 Å². The van der Waals surface area contributed by atoms with Crippen molar-refractivity contribution in [1.82, 2.24) is 9.62 Å². The first kappa shape index (κ1) is 19.9. The Hall–Kier alpha value is -1.11. The molecule has 1 aromatic rings. The van der Waals surface area contributed by atoms with Crippen LogP contribution in [-0.4, -0.2) is 44.5 Å². The van der Waals surface area contributed by atoms with Crippen LogP contribution >= 0.6 is 11.6 Å². The molecule has 1 amide bonds. The van der Waals surface area contributed by atoms with Crippen LogP contribution in [0.4, 0.5) is 0 Å². The smallest absolute Gasteiger partial charge is 0.220 e. The maximum absolute atomic E-state index is 11.9. The van der Waals surface area contributed by atoms with Crippen LogP contribution in [0.3, 0.4) is 0 Å². The Labute approximate surface area is 144 Å². The molecule has 0 saturated carbocycles. The van der Waals surface area contributed by atoms with E-state index in [4.69, 9.17) is 11.6 Å². The third kappa shape index (κ3) is 8.34. The molecule has 0 aliphatic rings. The van der Waals surface area contributed by atoms with Crippen LogP contribution in [0.1, 0.15) is 31.7 Å². The highest BCUT2D eigenvalue weighted by Crippen LogP contribution is 2.12. The normalized spacial score (nSPS) is 11.7. The molecule has 0 aliphatic heterocycles. The highest BCUT2D eigenvalue weighted by Gasteiger charge is 2.16. The second kappa shape index (κ2) is 9.90. The minimum Gasteiger partial charge on any atom is -0.355 e. The molecule has 1 N–H and O–H groups in total. The van der Waals surface area contributed by atoms with Crippen LogP contribution in [0.15, 0.2) is 24.3 Å². The van der Waals surface area contributed by atoms with Crippen molar-refractivity contribution in [3.63, 3.8) is 0 Å². The van der Waals surface area contributed by atoms with Crippen molar-refractivity contribution in [3.8, 4) is 0 Å². The maximum Gasteiger partial charge on any atom is 0.220 e. The lowest BCUT2D eigenvalue weighted by Crippen LogP contribution is -2.39. The molecule has 1 aromatic carbocycles. The number of sulfonamides is 1. The van der Waals surface area contributed by atoms with Crippen LogP contribution in [0.5, 0.6) is 0 Å². The zero-order chi connectivity index (χ0) is 17.3. The molecule has 0 fully saturated rings. The summed E-state index contributed by atoms with van der Waals surface area (Å²) >= 11 is 5.93. The maximum atomic E-state index is 11.9. The van der Waals surface area contributed by atoms with E-state index in [0.29, 0.717) is 31.0 Å². The molecule has 0 saturated heterocycles. The van der Waals surface area contributed by atoms with Crippen LogP contribution in [0.25, 0.3) is 0 Å². The van der Waals surface area contributed by atoms with Crippen molar-refractivity contribution in [3.05, 3.63) is 34.9 Å². The van der Waals surface area contributed by atoms with E-state index < -0.39 is 10.0 Å². The Kier molecular flexibility index (Phi) is 8.58. The van der Waals surface area contributed by atoms with Gasteiger partial charge in [0.1, 0.15) is 0 Å². The van der Waals surface area contributed by atoms with Gasteiger partial charge in [-0.15, -0.1) is 0 Å². The van der Waals surface area contributed by atoms with Crippen LogP contribution in [0.2, 0.25) is 5.02 Å². The number of carbonyl (C=O) groups excluding carboxylic acids is 1. The summed E-state index contributed by atoms with van der Waals surface area (Å²) in [7, 11) is -3.31. The standard InChI is InChI=1S/C16H25ClN2O3S/c1-3-4-8-16(20)18-10-12-19(23(2,21)22)11-9-14-6-5-7-15(17)13-14/h5-7,13H,3-4,8-12H2,1-2H3,(H,18,20). The third-order valence-corrected chi connectivity index (χ3v) is 4.99. The summed E-state index contributed by atoms with van der Waals surface area (Å²) in [6, 6.07) is 7.37. The van der Waals surface area contributed by atoms with Gasteiger partial charge in [-0.3, -0.25) is 4.79 Å². The van der Waals surface area contributed by atoms with Crippen LogP contribution in [-0.2, 0) is 21.2 Å². The zero-order valence-corrected chi connectivity index (χ0v) is 15.3. The number of carbonyl (C=O) groups is 1. The minimum absolute atomic E-state index is 0.0323. The lowest BCUT2D eigenvalue weighted by atomic mass is 10.1. The van der Waals surface area contributed by atoms with Crippen molar-refractivity contribution in [2.45, 2.75) is 32.6 Å². The summed E-state index contributed by atoms with van der Waals surface area (Å²) < 4.78 is 25.1. The van der Waals surface area contributed by atoms with Crippen LogP contribution < -0.4 is 5.32 Å². The molecule has 0 aliphatic carbocycles. The summed E-state index contributed by atoms with van der Waals surface area (Å²) in [6.45, 7) is 2.99. The largest absolute Gasteiger partial charge is 0.355 e. The zero-order valence-electron chi connectivity index (χ0n) is 13.7. The molecule has 0 unspecified atom stereocenters. The third-order valence-electron chi connectivity index (χ3n) is 3.45. The molecule has 0 aromatic heterocycles. The van der Waals surface area contributed by atoms with E-state index >= 15 is 0 Å². The summed E-state index contributed by atoms with van der Waals surface area (Å²) in [5.41, 5.74) is 0.984. The number of rotatable bonds is 10. The van der Waals surface area contributed by atoms with Gasteiger partial charge in [-0.1, -0.05) is 37.1 Å². The van der Waals surface area contributed by atoms with Gasteiger partial charge in [0.25, 0.3) is 0 Å². The molecular formula is C16H25ClN2O3S. The fourth-order valence-corrected chi connectivity index (χ4v) is 3.19. The van der Waals surface area contributed by atoms with Gasteiger partial charge in [0, 0.05) is 31.1 Å². The molecule has 0 bridgehead atoms. The highest BCUT2D eigenvalue weighted by atomic mass is 35.5. The van der Waals surface area contributed by atoms with Gasteiger partial charge in [-0.05, 0) is 30.5 Å². The molecule has 130 valence electrons. The minimum atomic E-state index is -3.31. The lowest BCUT2D eigenvalue weighted by molar-refractivity contribution is -0.121. The number of halogens is 1. The first-order valence-electron chi connectivity index (χ1n) is 7.79. The summed E-state index contributed by atoms with van der Waals surface area (Å²) in [6.07, 6.45) is 4.05. The first-order valence-corrected chi connectivity index (χ1v) is 10.0. The van der Waals surface area contributed by atoms with E-state index in [1.807, 2.05) is 25.1 Å². The number of hydrogen-bond acceptors (Lipinski definition) is 3. The topological polar surface area (TPSA) is 66.5 Å². The fraction of sp³-hybridized carbons (Fsp3) is 0.562. The fourth-order valence-electron chi connectivity index (χ4n) is 2.14. The number of benzene rings is 1. The van der Waals surface area contributed by atoms with Crippen LogP contribution in [0, 0.1) is 0 Å². The number of hydrogen-bond donors (Lipinski definition) is 1. The average molecular weight is 361 g/mol. The second-order valence-corrected chi connectivity index (χ2v) is 7.91. The SMILES string of the molecule is CCCCC(=O)NCCN(CCc1cccc(Cl)c1)S(C)(=O)=O.